The second-order valence-electron chi connectivity index (χ2n) is 9.92. The number of aliphatic hydroxyl groups excluding tert-OH is 1. The van der Waals surface area contributed by atoms with Gasteiger partial charge in [0.05, 0.1) is 12.7 Å². The first-order valence-corrected chi connectivity index (χ1v) is 14.2. The molecule has 0 aromatic heterocycles. The maximum atomic E-state index is 11.8. The lowest BCUT2D eigenvalue weighted by atomic mass is 10.1. The largest absolute Gasteiger partial charge is 0.481 e. The molecule has 0 saturated carbocycles. The molecule has 0 radical (unpaired) electrons. The van der Waals surface area contributed by atoms with E-state index in [9.17, 15) is 14.7 Å². The Bertz CT molecular complexity index is 470. The van der Waals surface area contributed by atoms with Gasteiger partial charge in [0.1, 0.15) is 0 Å². The number of aliphatic carboxylic acids is 1. The molecule has 202 valence electrons. The maximum Gasteiger partial charge on any atom is 0.305 e. The fourth-order valence-electron chi connectivity index (χ4n) is 4.26. The Kier molecular flexibility index (Phi) is 24.1. The number of unbranched alkanes of at least 4 members (excludes halogenated alkanes) is 14. The van der Waals surface area contributed by atoms with E-state index in [1.54, 1.807) is 0 Å². The topological polar surface area (TPSA) is 87.1 Å². The standard InChI is InChI=1S/C28H55NO5/c1-3-4-5-6-7-14-19-24-34-28(33)21-16-11-9-13-18-23-29(25-26(2)30)22-17-12-8-10-15-20-27(31)32/h26,30H,3-25H2,1-2H3,(H,31,32)/t26-/m1/s1. The number of nitrogens with zero attached hydrogens (tertiary/aromatic N) is 1. The Morgan fingerprint density at radius 1 is 0.706 bits per heavy atom. The van der Waals surface area contributed by atoms with Crippen molar-refractivity contribution in [2.24, 2.45) is 0 Å². The van der Waals surface area contributed by atoms with Gasteiger partial charge in [0.2, 0.25) is 0 Å². The van der Waals surface area contributed by atoms with Crippen molar-refractivity contribution in [2.75, 3.05) is 26.2 Å². The molecule has 0 bridgehead atoms. The van der Waals surface area contributed by atoms with E-state index < -0.39 is 5.97 Å². The summed E-state index contributed by atoms with van der Waals surface area (Å²) in [4.78, 5) is 24.7. The molecule has 0 aliphatic heterocycles. The SMILES string of the molecule is CCCCCCCCCOC(=O)CCCCCCCN(CCCCCCCC(=O)O)C[C@@H](C)O. The highest BCUT2D eigenvalue weighted by molar-refractivity contribution is 5.69. The third-order valence-corrected chi connectivity index (χ3v) is 6.25. The first-order valence-electron chi connectivity index (χ1n) is 14.2. The van der Waals surface area contributed by atoms with Crippen molar-refractivity contribution in [3.05, 3.63) is 0 Å². The van der Waals surface area contributed by atoms with Crippen LogP contribution in [0.1, 0.15) is 136 Å². The van der Waals surface area contributed by atoms with Crippen molar-refractivity contribution in [3.63, 3.8) is 0 Å². The van der Waals surface area contributed by atoms with Gasteiger partial charge in [0.15, 0.2) is 0 Å². The Labute approximate surface area is 209 Å². The van der Waals surface area contributed by atoms with Gasteiger partial charge in [-0.3, -0.25) is 9.59 Å². The average molecular weight is 486 g/mol. The van der Waals surface area contributed by atoms with Gasteiger partial charge in [-0.05, 0) is 52.1 Å². The number of hydrogen-bond acceptors (Lipinski definition) is 5. The summed E-state index contributed by atoms with van der Waals surface area (Å²) in [6.45, 7) is 7.36. The van der Waals surface area contributed by atoms with E-state index in [1.807, 2.05) is 6.92 Å². The predicted molar refractivity (Wildman–Crippen MR) is 140 cm³/mol. The van der Waals surface area contributed by atoms with Crippen LogP contribution in [0.4, 0.5) is 0 Å². The lowest BCUT2D eigenvalue weighted by Gasteiger charge is -2.23. The average Bonchev–Trinajstić information content (AvgIpc) is 2.78. The molecule has 0 rings (SSSR count). The Morgan fingerprint density at radius 3 is 1.71 bits per heavy atom. The van der Waals surface area contributed by atoms with Gasteiger partial charge < -0.3 is 19.8 Å². The van der Waals surface area contributed by atoms with E-state index >= 15 is 0 Å². The molecule has 0 saturated heterocycles. The number of carbonyl (C=O) groups excluding carboxylic acids is 1. The first-order chi connectivity index (χ1) is 16.5. The van der Waals surface area contributed by atoms with Gasteiger partial charge in [-0.2, -0.15) is 0 Å². The van der Waals surface area contributed by atoms with Crippen molar-refractivity contribution in [3.8, 4) is 0 Å². The fraction of sp³-hybridized carbons (Fsp3) is 0.929. The number of carbonyl (C=O) groups is 2. The van der Waals surface area contributed by atoms with Crippen molar-refractivity contribution in [1.29, 1.82) is 0 Å². The minimum absolute atomic E-state index is 0.0444. The summed E-state index contributed by atoms with van der Waals surface area (Å²) >= 11 is 0. The van der Waals surface area contributed by atoms with Crippen LogP contribution in [0.15, 0.2) is 0 Å². The quantitative estimate of drug-likeness (QED) is 0.104. The molecule has 6 nitrogen and oxygen atoms in total. The summed E-state index contributed by atoms with van der Waals surface area (Å²) in [5.74, 6) is -0.751. The zero-order valence-electron chi connectivity index (χ0n) is 22.4. The van der Waals surface area contributed by atoms with Crippen LogP contribution in [-0.2, 0) is 14.3 Å². The molecule has 0 spiro atoms. The maximum absolute atomic E-state index is 11.8. The molecule has 6 heteroatoms. The second-order valence-corrected chi connectivity index (χ2v) is 9.92. The van der Waals surface area contributed by atoms with Crippen LogP contribution in [0.3, 0.4) is 0 Å². The van der Waals surface area contributed by atoms with E-state index in [1.165, 1.54) is 32.1 Å². The number of aliphatic hydroxyl groups is 1. The molecule has 0 fully saturated rings. The third kappa shape index (κ3) is 25.5. The second kappa shape index (κ2) is 25.0. The fourth-order valence-corrected chi connectivity index (χ4v) is 4.26. The summed E-state index contributed by atoms with van der Waals surface area (Å²) in [6.07, 6.45) is 19.6. The molecule has 0 aromatic rings. The summed E-state index contributed by atoms with van der Waals surface area (Å²) < 4.78 is 5.35. The summed E-state index contributed by atoms with van der Waals surface area (Å²) in [5, 5.41) is 18.4. The van der Waals surface area contributed by atoms with Crippen molar-refractivity contribution < 1.29 is 24.5 Å². The molecular weight excluding hydrogens is 430 g/mol. The number of ether oxygens (including phenoxy) is 1. The highest BCUT2D eigenvalue weighted by Crippen LogP contribution is 2.11. The molecule has 0 heterocycles. The molecule has 0 amide bonds. The Balaban J connectivity index is 3.61. The number of rotatable bonds is 26. The molecular formula is C28H55NO5. The molecule has 0 aliphatic carbocycles. The van der Waals surface area contributed by atoms with Gasteiger partial charge in [-0.1, -0.05) is 84.0 Å². The van der Waals surface area contributed by atoms with Crippen LogP contribution >= 0.6 is 0 Å². The van der Waals surface area contributed by atoms with Crippen LogP contribution in [0.2, 0.25) is 0 Å². The highest BCUT2D eigenvalue weighted by atomic mass is 16.5. The normalized spacial score (nSPS) is 12.2. The molecule has 0 aromatic carbocycles. The highest BCUT2D eigenvalue weighted by Gasteiger charge is 2.08. The van der Waals surface area contributed by atoms with Crippen LogP contribution in [0.25, 0.3) is 0 Å². The molecule has 0 unspecified atom stereocenters. The zero-order valence-corrected chi connectivity index (χ0v) is 22.4. The van der Waals surface area contributed by atoms with E-state index in [2.05, 4.69) is 11.8 Å². The van der Waals surface area contributed by atoms with Crippen LogP contribution in [-0.4, -0.2) is 59.4 Å². The van der Waals surface area contributed by atoms with Gasteiger partial charge in [0.25, 0.3) is 0 Å². The minimum Gasteiger partial charge on any atom is -0.481 e. The van der Waals surface area contributed by atoms with Crippen LogP contribution < -0.4 is 0 Å². The van der Waals surface area contributed by atoms with Gasteiger partial charge >= 0.3 is 11.9 Å². The lowest BCUT2D eigenvalue weighted by molar-refractivity contribution is -0.144. The Hall–Kier alpha value is -1.14. The zero-order chi connectivity index (χ0) is 25.3. The van der Waals surface area contributed by atoms with Gasteiger partial charge in [0, 0.05) is 19.4 Å². The summed E-state index contributed by atoms with van der Waals surface area (Å²) in [5.41, 5.74) is 0. The van der Waals surface area contributed by atoms with Crippen LogP contribution in [0, 0.1) is 0 Å². The number of esters is 1. The van der Waals surface area contributed by atoms with E-state index in [-0.39, 0.29) is 18.5 Å². The smallest absolute Gasteiger partial charge is 0.305 e. The monoisotopic (exact) mass is 485 g/mol. The first kappa shape index (κ1) is 32.9. The Morgan fingerprint density at radius 2 is 1.18 bits per heavy atom. The van der Waals surface area contributed by atoms with E-state index in [4.69, 9.17) is 9.84 Å². The lowest BCUT2D eigenvalue weighted by Crippen LogP contribution is -2.32. The van der Waals surface area contributed by atoms with Gasteiger partial charge in [-0.15, -0.1) is 0 Å². The number of carboxylic acid groups (broad SMARTS) is 1. The van der Waals surface area contributed by atoms with E-state index in [0.717, 1.165) is 90.1 Å². The van der Waals surface area contributed by atoms with Crippen molar-refractivity contribution in [2.45, 2.75) is 142 Å². The summed E-state index contributed by atoms with van der Waals surface area (Å²) in [7, 11) is 0. The molecule has 0 aliphatic rings. The van der Waals surface area contributed by atoms with Crippen molar-refractivity contribution in [1.82, 2.24) is 4.90 Å². The molecule has 2 N–H and O–H groups in total. The number of carboxylic acids is 1. The van der Waals surface area contributed by atoms with Crippen LogP contribution in [0.5, 0.6) is 0 Å². The van der Waals surface area contributed by atoms with Gasteiger partial charge in [-0.25, -0.2) is 0 Å². The minimum atomic E-state index is -0.707. The van der Waals surface area contributed by atoms with Crippen molar-refractivity contribution >= 4 is 11.9 Å². The predicted octanol–water partition coefficient (Wildman–Crippen LogP) is 6.73. The third-order valence-electron chi connectivity index (χ3n) is 6.25. The summed E-state index contributed by atoms with van der Waals surface area (Å²) in [6, 6.07) is 0. The molecule has 34 heavy (non-hydrogen) atoms. The number of hydrogen-bond donors (Lipinski definition) is 2. The molecule has 1 atom stereocenters. The van der Waals surface area contributed by atoms with E-state index in [0.29, 0.717) is 19.6 Å².